The second-order valence-electron chi connectivity index (χ2n) is 13.0. The number of Topliss-reactive ketones (excluding diaryl/α,β-unsaturated/α-hetero) is 1. The predicted octanol–water partition coefficient (Wildman–Crippen LogP) is 8.77. The van der Waals surface area contributed by atoms with E-state index < -0.39 is 0 Å². The Bertz CT molecular complexity index is 1020. The van der Waals surface area contributed by atoms with Crippen molar-refractivity contribution in [2.75, 3.05) is 6.54 Å². The van der Waals surface area contributed by atoms with Gasteiger partial charge in [0.1, 0.15) is 0 Å². The minimum absolute atomic E-state index is 0.0654. The first-order chi connectivity index (χ1) is 20.7. The SMILES string of the molecule is O=C(CCCCCCC1CCCCCCCCCC1)NCCCCC1NC2C3=CC(=C/C=C\C=C/C=C\C=C/3)\C2C1=O. The Labute approximate surface area is 256 Å². The van der Waals surface area contributed by atoms with Crippen LogP contribution in [0.2, 0.25) is 0 Å². The zero-order chi connectivity index (χ0) is 29.2. The lowest BCUT2D eigenvalue weighted by Gasteiger charge is -2.16. The van der Waals surface area contributed by atoms with Gasteiger partial charge in [-0.15, -0.1) is 0 Å². The molecule has 4 nitrogen and oxygen atoms in total. The van der Waals surface area contributed by atoms with Gasteiger partial charge in [0.05, 0.1) is 12.0 Å². The lowest BCUT2D eigenvalue weighted by molar-refractivity contribution is -0.122. The number of nitrogens with one attached hydrogen (secondary N) is 2. The normalized spacial score (nSPS) is 29.5. The lowest BCUT2D eigenvalue weighted by Crippen LogP contribution is -2.32. The molecule has 1 heterocycles. The first-order valence-corrected chi connectivity index (χ1v) is 17.4. The molecule has 4 aliphatic rings. The Morgan fingerprint density at radius 2 is 1.36 bits per heavy atom. The number of amides is 1. The number of rotatable bonds is 12. The molecule has 2 bridgehead atoms. The van der Waals surface area contributed by atoms with E-state index in [1.54, 1.807) is 0 Å². The van der Waals surface area contributed by atoms with Gasteiger partial charge < -0.3 is 5.32 Å². The van der Waals surface area contributed by atoms with Gasteiger partial charge >= 0.3 is 0 Å². The fraction of sp³-hybridized carbons (Fsp3) is 0.632. The van der Waals surface area contributed by atoms with Crippen molar-refractivity contribution in [1.82, 2.24) is 10.6 Å². The molecule has 1 aliphatic heterocycles. The third-order valence-corrected chi connectivity index (χ3v) is 9.64. The zero-order valence-electron chi connectivity index (χ0n) is 26.0. The average molecular weight is 573 g/mol. The molecule has 2 N–H and O–H groups in total. The van der Waals surface area contributed by atoms with Crippen LogP contribution in [-0.2, 0) is 9.59 Å². The monoisotopic (exact) mass is 572 g/mol. The number of carbonyl (C=O) groups excluding carboxylic acids is 2. The lowest BCUT2D eigenvalue weighted by atomic mass is 9.90. The van der Waals surface area contributed by atoms with Crippen molar-refractivity contribution in [3.63, 3.8) is 0 Å². The van der Waals surface area contributed by atoms with Crippen LogP contribution in [0, 0.1) is 11.8 Å². The minimum Gasteiger partial charge on any atom is -0.356 e. The molecule has 3 unspecified atom stereocenters. The summed E-state index contributed by atoms with van der Waals surface area (Å²) in [5.74, 6) is 1.34. The van der Waals surface area contributed by atoms with E-state index in [0.29, 0.717) is 18.7 Å². The van der Waals surface area contributed by atoms with Crippen molar-refractivity contribution in [3.8, 4) is 0 Å². The average Bonchev–Trinajstić information content (AvgIpc) is 3.47. The molecule has 0 spiro atoms. The Hall–Kier alpha value is -2.46. The van der Waals surface area contributed by atoms with E-state index in [0.717, 1.165) is 37.2 Å². The Morgan fingerprint density at radius 3 is 2.12 bits per heavy atom. The van der Waals surface area contributed by atoms with Crippen LogP contribution in [0.4, 0.5) is 0 Å². The molecule has 1 saturated carbocycles. The van der Waals surface area contributed by atoms with Crippen LogP contribution >= 0.6 is 0 Å². The number of fused-ring (bicyclic) bond motifs is 4. The Balaban J connectivity index is 1.05. The summed E-state index contributed by atoms with van der Waals surface area (Å²) in [4.78, 5) is 25.6. The molecule has 0 aromatic rings. The summed E-state index contributed by atoms with van der Waals surface area (Å²) in [5.41, 5.74) is 2.28. The van der Waals surface area contributed by atoms with Gasteiger partial charge in [-0.25, -0.2) is 0 Å². The number of hydrogen-bond donors (Lipinski definition) is 2. The van der Waals surface area contributed by atoms with Crippen LogP contribution in [0.25, 0.3) is 0 Å². The zero-order valence-corrected chi connectivity index (χ0v) is 26.0. The Morgan fingerprint density at radius 1 is 0.714 bits per heavy atom. The molecular weight excluding hydrogens is 516 g/mol. The van der Waals surface area contributed by atoms with Gasteiger partial charge in [-0.3, -0.25) is 14.9 Å². The molecule has 0 aromatic heterocycles. The third-order valence-electron chi connectivity index (χ3n) is 9.64. The van der Waals surface area contributed by atoms with E-state index in [2.05, 4.69) is 28.9 Å². The summed E-state index contributed by atoms with van der Waals surface area (Å²) in [5, 5.41) is 6.73. The van der Waals surface area contributed by atoms with Crippen molar-refractivity contribution in [3.05, 3.63) is 71.9 Å². The highest BCUT2D eigenvalue weighted by Gasteiger charge is 2.46. The molecule has 4 heteroatoms. The molecule has 0 aromatic carbocycles. The topological polar surface area (TPSA) is 58.2 Å². The van der Waals surface area contributed by atoms with Crippen molar-refractivity contribution < 1.29 is 9.59 Å². The molecule has 1 saturated heterocycles. The maximum Gasteiger partial charge on any atom is 0.219 e. The standard InChI is InChI=1S/C38H56N2O2/c41-35(28-19-13-12-16-24-31-22-14-8-4-1-2-5-9-15-23-31)39-29-21-20-27-34-38(42)36-32-25-17-10-6-3-7-11-18-26-33(30-32)37(36)40-34/h3,6-7,10-11,17-18,25-26,30-31,34,36-37,40H,1-2,4-5,8-9,12-16,19-24,27-29H2,(H,39,41)/b6-3-,7-3?,10-6?,11-7-,17-10-,18-11?,25-17?,26-18-,32-25+,33-26?. The van der Waals surface area contributed by atoms with Crippen LogP contribution in [0.3, 0.4) is 0 Å². The van der Waals surface area contributed by atoms with E-state index in [-0.39, 0.29) is 23.9 Å². The highest BCUT2D eigenvalue weighted by Crippen LogP contribution is 2.38. The van der Waals surface area contributed by atoms with E-state index >= 15 is 0 Å². The van der Waals surface area contributed by atoms with Crippen molar-refractivity contribution >= 4 is 11.7 Å². The van der Waals surface area contributed by atoms with Crippen LogP contribution < -0.4 is 10.6 Å². The third kappa shape index (κ3) is 11.0. The summed E-state index contributed by atoms with van der Waals surface area (Å²) >= 11 is 0. The van der Waals surface area contributed by atoms with Crippen LogP contribution in [0.15, 0.2) is 71.9 Å². The molecule has 1 amide bonds. The molecule has 3 aliphatic carbocycles. The number of ketones is 1. The van der Waals surface area contributed by atoms with Crippen molar-refractivity contribution in [1.29, 1.82) is 0 Å². The van der Waals surface area contributed by atoms with E-state index in [1.807, 2.05) is 42.5 Å². The summed E-state index contributed by atoms with van der Waals surface area (Å²) < 4.78 is 0. The van der Waals surface area contributed by atoms with Crippen LogP contribution in [0.5, 0.6) is 0 Å². The van der Waals surface area contributed by atoms with Gasteiger partial charge in [-0.05, 0) is 42.7 Å². The second kappa shape index (κ2) is 18.9. The molecular formula is C38H56N2O2. The van der Waals surface area contributed by atoms with Crippen LogP contribution in [-0.4, -0.2) is 30.3 Å². The van der Waals surface area contributed by atoms with Gasteiger partial charge in [-0.1, -0.05) is 151 Å². The van der Waals surface area contributed by atoms with Gasteiger partial charge in [-0.2, -0.15) is 0 Å². The summed E-state index contributed by atoms with van der Waals surface area (Å²) in [6, 6.07) is -0.0416. The van der Waals surface area contributed by atoms with Gasteiger partial charge in [0.25, 0.3) is 0 Å². The fourth-order valence-electron chi connectivity index (χ4n) is 7.20. The molecule has 42 heavy (non-hydrogen) atoms. The smallest absolute Gasteiger partial charge is 0.219 e. The summed E-state index contributed by atoms with van der Waals surface area (Å²) in [6.45, 7) is 0.706. The van der Waals surface area contributed by atoms with Gasteiger partial charge in [0.15, 0.2) is 5.78 Å². The number of allylic oxidation sites excluding steroid dienone is 9. The number of hydrogen-bond acceptors (Lipinski definition) is 3. The molecule has 0 radical (unpaired) electrons. The van der Waals surface area contributed by atoms with E-state index in [9.17, 15) is 9.59 Å². The number of carbonyl (C=O) groups is 2. The quantitative estimate of drug-likeness (QED) is 0.230. The van der Waals surface area contributed by atoms with Gasteiger partial charge in [0.2, 0.25) is 5.91 Å². The molecule has 3 atom stereocenters. The van der Waals surface area contributed by atoms with E-state index in [4.69, 9.17) is 0 Å². The molecule has 230 valence electrons. The van der Waals surface area contributed by atoms with Crippen molar-refractivity contribution in [2.45, 2.75) is 134 Å². The maximum atomic E-state index is 13.3. The largest absolute Gasteiger partial charge is 0.356 e. The first-order valence-electron chi connectivity index (χ1n) is 17.4. The predicted molar refractivity (Wildman–Crippen MR) is 176 cm³/mol. The van der Waals surface area contributed by atoms with E-state index in [1.165, 1.54) is 95.5 Å². The van der Waals surface area contributed by atoms with Crippen LogP contribution in [0.1, 0.15) is 122 Å². The molecule has 4 rings (SSSR count). The first kappa shape index (κ1) is 32.5. The Kier molecular flexibility index (Phi) is 14.6. The second-order valence-corrected chi connectivity index (χ2v) is 13.0. The summed E-state index contributed by atoms with van der Waals surface area (Å²) in [6.07, 6.45) is 44.3. The number of unbranched alkanes of at least 4 members (excludes halogenated alkanes) is 4. The fourth-order valence-corrected chi connectivity index (χ4v) is 7.20. The minimum atomic E-state index is -0.107. The summed E-state index contributed by atoms with van der Waals surface area (Å²) in [7, 11) is 0. The highest BCUT2D eigenvalue weighted by atomic mass is 16.1. The maximum absolute atomic E-state index is 13.3. The van der Waals surface area contributed by atoms with Crippen molar-refractivity contribution in [2.24, 2.45) is 11.8 Å². The van der Waals surface area contributed by atoms with Gasteiger partial charge in [0, 0.05) is 19.0 Å². The molecule has 2 fully saturated rings. The highest BCUT2D eigenvalue weighted by molar-refractivity contribution is 5.94.